The Morgan fingerprint density at radius 3 is 2.48 bits per heavy atom. The van der Waals surface area contributed by atoms with Gasteiger partial charge in [-0.25, -0.2) is 8.42 Å². The summed E-state index contributed by atoms with van der Waals surface area (Å²) in [5.41, 5.74) is 2.10. The minimum absolute atomic E-state index is 0.0171. The molecule has 2 aromatic carbocycles. The van der Waals surface area contributed by atoms with E-state index in [0.717, 1.165) is 23.0 Å². The summed E-state index contributed by atoms with van der Waals surface area (Å²) >= 11 is 6.45. The molecule has 1 heterocycles. The summed E-state index contributed by atoms with van der Waals surface area (Å²) in [5.74, 6) is 0.517. The van der Waals surface area contributed by atoms with E-state index in [9.17, 15) is 8.42 Å². The molecule has 0 radical (unpaired) electrons. The Balaban J connectivity index is 2.34. The summed E-state index contributed by atoms with van der Waals surface area (Å²) in [7, 11) is -3.21. The van der Waals surface area contributed by atoms with Crippen molar-refractivity contribution in [3.05, 3.63) is 35.9 Å². The molecule has 0 spiro atoms. The molecule has 1 atom stereocenters. The van der Waals surface area contributed by atoms with Crippen LogP contribution < -0.4 is 5.32 Å². The maximum absolute atomic E-state index is 11.8. The second-order valence-electron chi connectivity index (χ2n) is 7.46. The maximum Gasteiger partial charge on any atom is 0.175 e. The van der Waals surface area contributed by atoms with Gasteiger partial charge >= 0.3 is 0 Å². The smallest absolute Gasteiger partial charge is 0.175 e. The zero-order valence-electron chi connectivity index (χ0n) is 13.9. The number of nitrogens with one attached hydrogen (secondary N) is 1. The van der Waals surface area contributed by atoms with Crippen molar-refractivity contribution >= 4 is 37.9 Å². The highest BCUT2D eigenvalue weighted by atomic mass is 35.5. The molecule has 0 aromatic heterocycles. The fourth-order valence-corrected chi connectivity index (χ4v) is 4.78. The monoisotopic (exact) mass is 351 g/mol. The van der Waals surface area contributed by atoms with Crippen LogP contribution in [0, 0.1) is 5.41 Å². The lowest BCUT2D eigenvalue weighted by Gasteiger charge is -2.41. The molecule has 0 saturated carbocycles. The number of fused-ring (bicyclic) bond motifs is 3. The van der Waals surface area contributed by atoms with Crippen molar-refractivity contribution < 1.29 is 8.42 Å². The third-order valence-corrected chi connectivity index (χ3v) is 6.71. The molecule has 3 nitrogen and oxygen atoms in total. The van der Waals surface area contributed by atoms with E-state index < -0.39 is 9.84 Å². The summed E-state index contributed by atoms with van der Waals surface area (Å²) in [4.78, 5) is 0.350. The number of benzene rings is 2. The quantitative estimate of drug-likeness (QED) is 0.825. The molecule has 0 fully saturated rings. The zero-order valence-corrected chi connectivity index (χ0v) is 15.5. The SMILES string of the molecule is CC(C)(C)C1(CCl)CNc2ccc3cc(S(C)(=O)=O)ccc3c21. The number of anilines is 1. The summed E-state index contributed by atoms with van der Waals surface area (Å²) in [6.45, 7) is 7.41. The molecule has 0 aliphatic carbocycles. The molecule has 2 aromatic rings. The van der Waals surface area contributed by atoms with E-state index in [0.29, 0.717) is 10.8 Å². The van der Waals surface area contributed by atoms with Crippen LogP contribution in [0.4, 0.5) is 5.69 Å². The van der Waals surface area contributed by atoms with Crippen LogP contribution in [-0.4, -0.2) is 27.1 Å². The lowest BCUT2D eigenvalue weighted by Crippen LogP contribution is -2.43. The minimum atomic E-state index is -3.21. The van der Waals surface area contributed by atoms with Crippen LogP contribution in [0.1, 0.15) is 26.3 Å². The van der Waals surface area contributed by atoms with Crippen LogP contribution in [0.2, 0.25) is 0 Å². The molecule has 3 rings (SSSR count). The van der Waals surface area contributed by atoms with Gasteiger partial charge in [-0.05, 0) is 39.9 Å². The minimum Gasteiger partial charge on any atom is -0.384 e. The van der Waals surface area contributed by atoms with Crippen LogP contribution in [0.5, 0.6) is 0 Å². The Morgan fingerprint density at radius 1 is 1.22 bits per heavy atom. The van der Waals surface area contributed by atoms with Gasteiger partial charge in [0.2, 0.25) is 0 Å². The fraction of sp³-hybridized carbons (Fsp3) is 0.444. The van der Waals surface area contributed by atoms with Gasteiger partial charge in [0.05, 0.1) is 4.90 Å². The Bertz CT molecular complexity index is 884. The molecular formula is C18H22ClNO2S. The third kappa shape index (κ3) is 2.43. The van der Waals surface area contributed by atoms with E-state index in [1.807, 2.05) is 18.2 Å². The number of hydrogen-bond donors (Lipinski definition) is 1. The molecule has 0 amide bonds. The highest BCUT2D eigenvalue weighted by molar-refractivity contribution is 7.90. The first-order valence-corrected chi connectivity index (χ1v) is 10.1. The first kappa shape index (κ1) is 16.6. The van der Waals surface area contributed by atoms with Crippen LogP contribution >= 0.6 is 11.6 Å². The average Bonchev–Trinajstić information content (AvgIpc) is 2.85. The Morgan fingerprint density at radius 2 is 1.91 bits per heavy atom. The van der Waals surface area contributed by atoms with E-state index in [-0.39, 0.29) is 10.8 Å². The van der Waals surface area contributed by atoms with Crippen molar-refractivity contribution in [1.29, 1.82) is 0 Å². The molecule has 1 unspecified atom stereocenters. The predicted molar refractivity (Wildman–Crippen MR) is 97.4 cm³/mol. The van der Waals surface area contributed by atoms with Crippen molar-refractivity contribution in [2.75, 3.05) is 24.0 Å². The second kappa shape index (κ2) is 5.12. The van der Waals surface area contributed by atoms with Crippen molar-refractivity contribution in [2.24, 2.45) is 5.41 Å². The fourth-order valence-electron chi connectivity index (χ4n) is 3.49. The molecule has 0 saturated heterocycles. The Kier molecular flexibility index (Phi) is 3.69. The molecule has 1 aliphatic heterocycles. The lowest BCUT2D eigenvalue weighted by atomic mass is 9.64. The number of alkyl halides is 1. The van der Waals surface area contributed by atoms with Gasteiger partial charge in [0.25, 0.3) is 0 Å². The molecule has 1 N–H and O–H groups in total. The summed E-state index contributed by atoms with van der Waals surface area (Å²) in [6.07, 6.45) is 1.24. The first-order valence-electron chi connectivity index (χ1n) is 7.67. The van der Waals surface area contributed by atoms with E-state index >= 15 is 0 Å². The van der Waals surface area contributed by atoms with Gasteiger partial charge in [-0.1, -0.05) is 32.9 Å². The van der Waals surface area contributed by atoms with Crippen LogP contribution in [0.15, 0.2) is 35.2 Å². The average molecular weight is 352 g/mol. The standard InChI is InChI=1S/C18H22ClNO2S/c1-17(2,3)18(10-19)11-20-15-8-5-12-9-13(23(4,21)22)6-7-14(12)16(15)18/h5-9,20H,10-11H2,1-4H3. The molecule has 124 valence electrons. The van der Waals surface area contributed by atoms with E-state index in [2.05, 4.69) is 26.1 Å². The van der Waals surface area contributed by atoms with Crippen molar-refractivity contribution in [1.82, 2.24) is 0 Å². The van der Waals surface area contributed by atoms with Crippen molar-refractivity contribution in [3.63, 3.8) is 0 Å². The van der Waals surface area contributed by atoms with E-state index in [1.165, 1.54) is 11.8 Å². The second-order valence-corrected chi connectivity index (χ2v) is 9.75. The lowest BCUT2D eigenvalue weighted by molar-refractivity contribution is 0.231. The van der Waals surface area contributed by atoms with E-state index in [1.54, 1.807) is 12.1 Å². The van der Waals surface area contributed by atoms with Gasteiger partial charge in [-0.2, -0.15) is 0 Å². The maximum atomic E-state index is 11.8. The van der Waals surface area contributed by atoms with Crippen LogP contribution in [0.3, 0.4) is 0 Å². The number of hydrogen-bond acceptors (Lipinski definition) is 3. The highest BCUT2D eigenvalue weighted by Crippen LogP contribution is 2.51. The van der Waals surface area contributed by atoms with Crippen molar-refractivity contribution in [2.45, 2.75) is 31.1 Å². The molecule has 5 heteroatoms. The van der Waals surface area contributed by atoms with Gasteiger partial charge in [0.1, 0.15) is 0 Å². The Labute approximate surface area is 143 Å². The largest absolute Gasteiger partial charge is 0.384 e. The van der Waals surface area contributed by atoms with Gasteiger partial charge in [-0.15, -0.1) is 11.6 Å². The van der Waals surface area contributed by atoms with E-state index in [4.69, 9.17) is 11.6 Å². The first-order chi connectivity index (χ1) is 10.6. The molecule has 0 bridgehead atoms. The molecular weight excluding hydrogens is 330 g/mol. The summed E-state index contributed by atoms with van der Waals surface area (Å²) in [6, 6.07) is 9.38. The van der Waals surface area contributed by atoms with Crippen LogP contribution in [0.25, 0.3) is 10.8 Å². The predicted octanol–water partition coefficient (Wildman–Crippen LogP) is 4.19. The van der Waals surface area contributed by atoms with Gasteiger partial charge in [-0.3, -0.25) is 0 Å². The van der Waals surface area contributed by atoms with Gasteiger partial charge in [0, 0.05) is 29.8 Å². The molecule has 1 aliphatic rings. The summed E-state index contributed by atoms with van der Waals surface area (Å²) in [5, 5.41) is 5.50. The third-order valence-electron chi connectivity index (χ3n) is 5.14. The van der Waals surface area contributed by atoms with Gasteiger partial charge < -0.3 is 5.32 Å². The number of halogens is 1. The normalized spacial score (nSPS) is 21.3. The summed E-state index contributed by atoms with van der Waals surface area (Å²) < 4.78 is 23.6. The zero-order chi connectivity index (χ0) is 17.0. The highest BCUT2D eigenvalue weighted by Gasteiger charge is 2.48. The number of sulfone groups is 1. The van der Waals surface area contributed by atoms with Crippen LogP contribution in [-0.2, 0) is 15.3 Å². The van der Waals surface area contributed by atoms with Crippen molar-refractivity contribution in [3.8, 4) is 0 Å². The van der Waals surface area contributed by atoms with Gasteiger partial charge in [0.15, 0.2) is 9.84 Å². The topological polar surface area (TPSA) is 46.2 Å². The number of rotatable bonds is 2. The molecule has 23 heavy (non-hydrogen) atoms. The Hall–Kier alpha value is -1.26.